The van der Waals surface area contributed by atoms with Gasteiger partial charge in [0.15, 0.2) is 0 Å². The Bertz CT molecular complexity index is 481. The number of nitrogens with one attached hydrogen (secondary N) is 1. The van der Waals surface area contributed by atoms with Crippen LogP contribution in [0, 0.1) is 11.3 Å². The highest BCUT2D eigenvalue weighted by Gasteiger charge is 2.31. The minimum atomic E-state index is -0.297. The molecule has 0 heterocycles. The lowest BCUT2D eigenvalue weighted by Gasteiger charge is -2.22. The Kier molecular flexibility index (Phi) is 4.18. The van der Waals surface area contributed by atoms with Gasteiger partial charge in [-0.3, -0.25) is 4.79 Å². The maximum atomic E-state index is 11.9. The fraction of sp³-hybridized carbons (Fsp3) is 0.467. The molecule has 19 heavy (non-hydrogen) atoms. The van der Waals surface area contributed by atoms with Crippen molar-refractivity contribution in [1.29, 1.82) is 5.26 Å². The van der Waals surface area contributed by atoms with Crippen LogP contribution in [0.15, 0.2) is 24.3 Å². The van der Waals surface area contributed by atoms with E-state index in [4.69, 9.17) is 11.0 Å². The second-order valence-electron chi connectivity index (χ2n) is 5.33. The fourth-order valence-electron chi connectivity index (χ4n) is 2.54. The van der Waals surface area contributed by atoms with Crippen molar-refractivity contribution < 1.29 is 4.79 Å². The molecule has 1 aliphatic carbocycles. The summed E-state index contributed by atoms with van der Waals surface area (Å²) in [4.78, 5) is 11.9. The number of nitrogens with zero attached hydrogens (tertiary/aromatic N) is 1. The molecule has 0 saturated heterocycles. The number of nitrogens with two attached hydrogens (primary N) is 1. The fourth-order valence-corrected chi connectivity index (χ4v) is 2.54. The summed E-state index contributed by atoms with van der Waals surface area (Å²) >= 11 is 0. The van der Waals surface area contributed by atoms with E-state index in [1.54, 1.807) is 12.1 Å². The number of hydrogen-bond acceptors (Lipinski definition) is 3. The molecule has 4 heteroatoms. The van der Waals surface area contributed by atoms with Gasteiger partial charge in [0, 0.05) is 18.5 Å². The summed E-state index contributed by atoms with van der Waals surface area (Å²) in [7, 11) is 0. The second-order valence-corrected chi connectivity index (χ2v) is 5.33. The van der Waals surface area contributed by atoms with E-state index >= 15 is 0 Å². The molecule has 1 amide bonds. The van der Waals surface area contributed by atoms with Gasteiger partial charge in [-0.15, -0.1) is 0 Å². The minimum Gasteiger partial charge on any atom is -0.352 e. The summed E-state index contributed by atoms with van der Waals surface area (Å²) in [6.45, 7) is 0.487. The lowest BCUT2D eigenvalue weighted by Crippen LogP contribution is -2.41. The molecule has 0 aliphatic heterocycles. The Morgan fingerprint density at radius 2 is 1.95 bits per heavy atom. The van der Waals surface area contributed by atoms with E-state index in [9.17, 15) is 4.79 Å². The highest BCUT2D eigenvalue weighted by molar-refractivity contribution is 5.77. The molecule has 100 valence electrons. The lowest BCUT2D eigenvalue weighted by atomic mass is 9.94. The molecular weight excluding hydrogens is 238 g/mol. The van der Waals surface area contributed by atoms with Crippen LogP contribution in [-0.4, -0.2) is 11.4 Å². The van der Waals surface area contributed by atoms with Gasteiger partial charge < -0.3 is 11.1 Å². The van der Waals surface area contributed by atoms with Crippen molar-refractivity contribution in [1.82, 2.24) is 5.32 Å². The molecule has 3 N–H and O–H groups in total. The third-order valence-corrected chi connectivity index (χ3v) is 3.68. The molecule has 0 radical (unpaired) electrons. The number of hydrogen-bond donors (Lipinski definition) is 2. The minimum absolute atomic E-state index is 0.00811. The quantitative estimate of drug-likeness (QED) is 0.863. The van der Waals surface area contributed by atoms with Crippen LogP contribution in [0.2, 0.25) is 0 Å². The molecule has 0 aromatic heterocycles. The Morgan fingerprint density at radius 1 is 1.32 bits per heavy atom. The van der Waals surface area contributed by atoms with Gasteiger partial charge in [-0.05, 0) is 30.5 Å². The zero-order valence-corrected chi connectivity index (χ0v) is 11.0. The Balaban J connectivity index is 1.81. The van der Waals surface area contributed by atoms with Crippen LogP contribution in [0.3, 0.4) is 0 Å². The average Bonchev–Trinajstić information content (AvgIpc) is 2.83. The molecule has 4 nitrogen and oxygen atoms in total. The summed E-state index contributed by atoms with van der Waals surface area (Å²) in [5, 5.41) is 11.6. The number of carbonyl (C=O) groups excluding carboxylic acids is 1. The first-order valence-corrected chi connectivity index (χ1v) is 6.66. The van der Waals surface area contributed by atoms with Gasteiger partial charge in [0.2, 0.25) is 5.91 Å². The lowest BCUT2D eigenvalue weighted by molar-refractivity contribution is -0.122. The van der Waals surface area contributed by atoms with Gasteiger partial charge in [-0.1, -0.05) is 25.0 Å². The van der Waals surface area contributed by atoms with Crippen molar-refractivity contribution in [3.8, 4) is 6.07 Å². The third-order valence-electron chi connectivity index (χ3n) is 3.68. The number of carbonyl (C=O) groups is 1. The molecule has 1 aromatic carbocycles. The van der Waals surface area contributed by atoms with Crippen LogP contribution < -0.4 is 11.1 Å². The number of amides is 1. The first-order chi connectivity index (χ1) is 9.11. The predicted octanol–water partition coefficient (Wildman–Crippen LogP) is 1.84. The standard InChI is InChI=1S/C15H19N3O/c16-10-12-3-5-13(6-4-12)11-18-14(19)9-15(17)7-1-2-8-15/h3-6H,1-2,7-9,11,17H2,(H,18,19). The first-order valence-electron chi connectivity index (χ1n) is 6.66. The zero-order valence-electron chi connectivity index (χ0n) is 11.0. The van der Waals surface area contributed by atoms with E-state index in [0.717, 1.165) is 31.2 Å². The molecule has 0 unspecified atom stereocenters. The molecule has 2 rings (SSSR count). The zero-order chi connectivity index (χ0) is 13.7. The highest BCUT2D eigenvalue weighted by Crippen LogP contribution is 2.29. The van der Waals surface area contributed by atoms with Crippen molar-refractivity contribution in [3.63, 3.8) is 0 Å². The highest BCUT2D eigenvalue weighted by atomic mass is 16.1. The van der Waals surface area contributed by atoms with E-state index in [1.165, 1.54) is 0 Å². The monoisotopic (exact) mass is 257 g/mol. The van der Waals surface area contributed by atoms with E-state index < -0.39 is 0 Å². The van der Waals surface area contributed by atoms with Crippen LogP contribution in [0.5, 0.6) is 0 Å². The smallest absolute Gasteiger partial charge is 0.222 e. The van der Waals surface area contributed by atoms with E-state index in [0.29, 0.717) is 18.5 Å². The van der Waals surface area contributed by atoms with Gasteiger partial charge >= 0.3 is 0 Å². The van der Waals surface area contributed by atoms with Crippen LogP contribution in [0.25, 0.3) is 0 Å². The molecule has 0 atom stereocenters. The predicted molar refractivity (Wildman–Crippen MR) is 73.0 cm³/mol. The Labute approximate surface area is 113 Å². The normalized spacial score (nSPS) is 16.8. The number of rotatable bonds is 4. The summed E-state index contributed by atoms with van der Waals surface area (Å²) < 4.78 is 0. The van der Waals surface area contributed by atoms with Crippen LogP contribution in [0.1, 0.15) is 43.2 Å². The van der Waals surface area contributed by atoms with Crippen molar-refractivity contribution in [2.24, 2.45) is 5.73 Å². The SMILES string of the molecule is N#Cc1ccc(CNC(=O)CC2(N)CCCC2)cc1. The van der Waals surface area contributed by atoms with Gasteiger partial charge in [0.1, 0.15) is 0 Å². The van der Waals surface area contributed by atoms with E-state index in [-0.39, 0.29) is 11.4 Å². The number of nitriles is 1. The summed E-state index contributed by atoms with van der Waals surface area (Å²) in [6, 6.07) is 9.28. The van der Waals surface area contributed by atoms with Crippen LogP contribution >= 0.6 is 0 Å². The van der Waals surface area contributed by atoms with Gasteiger partial charge in [0.05, 0.1) is 11.6 Å². The average molecular weight is 257 g/mol. The molecule has 0 bridgehead atoms. The molecule has 1 aliphatic rings. The van der Waals surface area contributed by atoms with Crippen LogP contribution in [-0.2, 0) is 11.3 Å². The topological polar surface area (TPSA) is 78.9 Å². The molecule has 0 spiro atoms. The largest absolute Gasteiger partial charge is 0.352 e. The summed E-state index contributed by atoms with van der Waals surface area (Å²) in [5.74, 6) is 0.00811. The summed E-state index contributed by atoms with van der Waals surface area (Å²) in [6.07, 6.45) is 4.54. The second kappa shape index (κ2) is 5.85. The molecule has 1 fully saturated rings. The van der Waals surface area contributed by atoms with Gasteiger partial charge in [0.25, 0.3) is 0 Å². The van der Waals surface area contributed by atoms with Crippen molar-refractivity contribution in [2.75, 3.05) is 0 Å². The van der Waals surface area contributed by atoms with Crippen molar-refractivity contribution >= 4 is 5.91 Å². The molecule has 1 saturated carbocycles. The third kappa shape index (κ3) is 3.80. The van der Waals surface area contributed by atoms with Crippen molar-refractivity contribution in [3.05, 3.63) is 35.4 Å². The maximum absolute atomic E-state index is 11.9. The molecular formula is C15H19N3O. The Hall–Kier alpha value is -1.86. The first kappa shape index (κ1) is 13.6. The van der Waals surface area contributed by atoms with E-state index in [1.807, 2.05) is 12.1 Å². The van der Waals surface area contributed by atoms with Gasteiger partial charge in [-0.2, -0.15) is 5.26 Å². The Morgan fingerprint density at radius 3 is 2.53 bits per heavy atom. The van der Waals surface area contributed by atoms with Crippen molar-refractivity contribution in [2.45, 2.75) is 44.2 Å². The number of benzene rings is 1. The summed E-state index contributed by atoms with van der Waals surface area (Å²) in [5.41, 5.74) is 7.49. The van der Waals surface area contributed by atoms with Crippen LogP contribution in [0.4, 0.5) is 0 Å². The van der Waals surface area contributed by atoms with E-state index in [2.05, 4.69) is 11.4 Å². The molecule has 1 aromatic rings. The maximum Gasteiger partial charge on any atom is 0.222 e. The van der Waals surface area contributed by atoms with Gasteiger partial charge in [-0.25, -0.2) is 0 Å².